The Bertz CT molecular complexity index is 894. The number of nitrogens with one attached hydrogen (secondary N) is 2. The summed E-state index contributed by atoms with van der Waals surface area (Å²) in [5.74, 6) is 0. The van der Waals surface area contributed by atoms with Crippen LogP contribution < -0.4 is 5.56 Å². The summed E-state index contributed by atoms with van der Waals surface area (Å²) in [5.41, 5.74) is 2.81. The Morgan fingerprint density at radius 1 is 1.45 bits per heavy atom. The summed E-state index contributed by atoms with van der Waals surface area (Å²) in [5, 5.41) is 7.84. The molecule has 1 aliphatic rings. The van der Waals surface area contributed by atoms with Gasteiger partial charge in [-0.1, -0.05) is 0 Å². The normalized spacial score (nSPS) is 21.2. The van der Waals surface area contributed by atoms with Gasteiger partial charge in [-0.2, -0.15) is 5.10 Å². The highest BCUT2D eigenvalue weighted by molar-refractivity contribution is 7.22. The van der Waals surface area contributed by atoms with Crippen molar-refractivity contribution in [1.29, 1.82) is 0 Å². The number of aryl methyl sites for hydroxylation is 1. The molecule has 0 aromatic carbocycles. The molecule has 22 heavy (non-hydrogen) atoms. The molecule has 0 saturated carbocycles. The number of fused-ring (bicyclic) bond motifs is 3. The van der Waals surface area contributed by atoms with E-state index >= 15 is 0 Å². The summed E-state index contributed by atoms with van der Waals surface area (Å²) < 4.78 is 6.58. The third kappa shape index (κ3) is 1.87. The fourth-order valence-corrected chi connectivity index (χ4v) is 4.46. The maximum atomic E-state index is 12.4. The van der Waals surface area contributed by atoms with Crippen molar-refractivity contribution in [2.24, 2.45) is 0 Å². The van der Waals surface area contributed by atoms with Gasteiger partial charge < -0.3 is 9.72 Å². The summed E-state index contributed by atoms with van der Waals surface area (Å²) >= 11 is 1.51. The number of pyridine rings is 1. The Hall–Kier alpha value is -1.92. The van der Waals surface area contributed by atoms with Crippen LogP contribution in [-0.2, 0) is 16.8 Å². The number of aromatic amines is 2. The van der Waals surface area contributed by atoms with E-state index in [0.29, 0.717) is 0 Å². The number of thiophene rings is 1. The molecule has 3 heterocycles. The Balaban J connectivity index is 2.05. The first-order valence-electron chi connectivity index (χ1n) is 7.36. The van der Waals surface area contributed by atoms with Gasteiger partial charge >= 0.3 is 0 Å². The zero-order valence-electron chi connectivity index (χ0n) is 12.5. The average Bonchev–Trinajstić information content (AvgIpc) is 3.16. The lowest BCUT2D eigenvalue weighted by molar-refractivity contribution is -0.0117. The average molecular weight is 315 g/mol. The molecule has 1 aliphatic carbocycles. The van der Waals surface area contributed by atoms with Crippen LogP contribution in [-0.4, -0.2) is 22.3 Å². The SMILES string of the molecule is CO[C@@]1(C)CCCc2[nH]c(=O)c3sc(-c4cn[nH]c4)cc3c21. The van der Waals surface area contributed by atoms with Crippen molar-refractivity contribution in [2.75, 3.05) is 7.11 Å². The van der Waals surface area contributed by atoms with Gasteiger partial charge in [-0.25, -0.2) is 0 Å². The van der Waals surface area contributed by atoms with Crippen molar-refractivity contribution in [3.8, 4) is 10.4 Å². The maximum absolute atomic E-state index is 12.4. The first-order chi connectivity index (χ1) is 10.6. The number of hydrogen-bond donors (Lipinski definition) is 2. The van der Waals surface area contributed by atoms with Crippen LogP contribution in [0.5, 0.6) is 0 Å². The molecule has 0 aliphatic heterocycles. The van der Waals surface area contributed by atoms with Gasteiger partial charge in [0.2, 0.25) is 0 Å². The van der Waals surface area contributed by atoms with Crippen LogP contribution in [0.3, 0.4) is 0 Å². The Kier molecular flexibility index (Phi) is 2.99. The van der Waals surface area contributed by atoms with Gasteiger partial charge in [0, 0.05) is 40.4 Å². The van der Waals surface area contributed by atoms with Crippen molar-refractivity contribution >= 4 is 21.4 Å². The molecule has 3 aromatic heterocycles. The largest absolute Gasteiger partial charge is 0.374 e. The minimum absolute atomic E-state index is 0.00570. The standard InChI is InChI=1S/C16H17N3O2S/c1-16(21-2)5-3-4-11-13(16)10-6-12(9-7-17-18-8-9)22-14(10)15(20)19-11/h6-8H,3-5H2,1-2H3,(H,17,18)(H,19,20)/t16-/m0/s1. The van der Waals surface area contributed by atoms with Gasteiger partial charge in [0.25, 0.3) is 5.56 Å². The van der Waals surface area contributed by atoms with Gasteiger partial charge in [-0.05, 0) is 32.3 Å². The molecule has 6 heteroatoms. The van der Waals surface area contributed by atoms with Crippen LogP contribution in [0, 0.1) is 0 Å². The predicted octanol–water partition coefficient (Wildman–Crippen LogP) is 3.18. The molecule has 5 nitrogen and oxygen atoms in total. The summed E-state index contributed by atoms with van der Waals surface area (Å²) in [6.07, 6.45) is 6.52. The molecule has 0 amide bonds. The van der Waals surface area contributed by atoms with E-state index < -0.39 is 0 Å². The second-order valence-electron chi connectivity index (χ2n) is 5.94. The van der Waals surface area contributed by atoms with Gasteiger partial charge in [0.15, 0.2) is 0 Å². The molecule has 0 fully saturated rings. The summed E-state index contributed by atoms with van der Waals surface area (Å²) in [6, 6.07) is 2.10. The van der Waals surface area contributed by atoms with Crippen LogP contribution in [0.15, 0.2) is 23.3 Å². The molecule has 3 aromatic rings. The van der Waals surface area contributed by atoms with Crippen LogP contribution in [0.1, 0.15) is 31.0 Å². The lowest BCUT2D eigenvalue weighted by Crippen LogP contribution is -2.32. The smallest absolute Gasteiger partial charge is 0.266 e. The molecule has 4 rings (SSSR count). The molecule has 0 saturated heterocycles. The summed E-state index contributed by atoms with van der Waals surface area (Å²) in [6.45, 7) is 2.11. The highest BCUT2D eigenvalue weighted by Crippen LogP contribution is 2.43. The zero-order chi connectivity index (χ0) is 15.3. The first kappa shape index (κ1) is 13.7. The van der Waals surface area contributed by atoms with Gasteiger partial charge in [0.05, 0.1) is 11.8 Å². The van der Waals surface area contributed by atoms with Crippen LogP contribution in [0.4, 0.5) is 0 Å². The molecule has 2 N–H and O–H groups in total. The number of nitrogens with zero attached hydrogens (tertiary/aromatic N) is 1. The summed E-state index contributed by atoms with van der Waals surface area (Å²) in [4.78, 5) is 16.5. The van der Waals surface area contributed by atoms with Crippen LogP contribution >= 0.6 is 11.3 Å². The molecular weight excluding hydrogens is 298 g/mol. The maximum Gasteiger partial charge on any atom is 0.266 e. The van der Waals surface area contributed by atoms with Crippen molar-refractivity contribution < 1.29 is 4.74 Å². The molecular formula is C16H17N3O2S. The third-order valence-corrected chi connectivity index (χ3v) is 5.80. The highest BCUT2D eigenvalue weighted by Gasteiger charge is 2.35. The predicted molar refractivity (Wildman–Crippen MR) is 87.3 cm³/mol. The highest BCUT2D eigenvalue weighted by atomic mass is 32.1. The van der Waals surface area contributed by atoms with E-state index in [1.54, 1.807) is 13.3 Å². The van der Waals surface area contributed by atoms with Crippen molar-refractivity contribution in [2.45, 2.75) is 31.8 Å². The lowest BCUT2D eigenvalue weighted by atomic mass is 9.81. The fourth-order valence-electron chi connectivity index (χ4n) is 3.42. The number of aromatic nitrogens is 3. The molecule has 0 bridgehead atoms. The second kappa shape index (κ2) is 4.79. The minimum Gasteiger partial charge on any atom is -0.374 e. The molecule has 0 unspecified atom stereocenters. The van der Waals surface area contributed by atoms with E-state index in [0.717, 1.165) is 51.0 Å². The number of H-pyrrole nitrogens is 2. The van der Waals surface area contributed by atoms with E-state index in [1.807, 2.05) is 6.20 Å². The third-order valence-electron chi connectivity index (χ3n) is 4.62. The first-order valence-corrected chi connectivity index (χ1v) is 8.17. The van der Waals surface area contributed by atoms with Crippen LogP contribution in [0.2, 0.25) is 0 Å². The van der Waals surface area contributed by atoms with Crippen molar-refractivity contribution in [1.82, 2.24) is 15.2 Å². The summed E-state index contributed by atoms with van der Waals surface area (Å²) in [7, 11) is 1.75. The topological polar surface area (TPSA) is 70.8 Å². The van der Waals surface area contributed by atoms with E-state index in [-0.39, 0.29) is 11.2 Å². The minimum atomic E-state index is -0.342. The van der Waals surface area contributed by atoms with Crippen LogP contribution in [0.25, 0.3) is 20.5 Å². The van der Waals surface area contributed by atoms with E-state index in [9.17, 15) is 4.79 Å². The van der Waals surface area contributed by atoms with Gasteiger partial charge in [0.1, 0.15) is 4.70 Å². The van der Waals surface area contributed by atoms with E-state index in [2.05, 4.69) is 28.2 Å². The monoisotopic (exact) mass is 315 g/mol. The number of methoxy groups -OCH3 is 1. The van der Waals surface area contributed by atoms with Crippen molar-refractivity contribution in [3.05, 3.63) is 40.1 Å². The van der Waals surface area contributed by atoms with E-state index in [1.165, 1.54) is 11.3 Å². The van der Waals surface area contributed by atoms with Gasteiger partial charge in [-0.15, -0.1) is 11.3 Å². The molecule has 1 atom stereocenters. The Labute approximate surface area is 131 Å². The number of rotatable bonds is 2. The number of hydrogen-bond acceptors (Lipinski definition) is 4. The lowest BCUT2D eigenvalue weighted by Gasteiger charge is -2.34. The molecule has 114 valence electrons. The molecule has 0 radical (unpaired) electrons. The molecule has 0 spiro atoms. The Morgan fingerprint density at radius 3 is 3.05 bits per heavy atom. The van der Waals surface area contributed by atoms with Crippen molar-refractivity contribution in [3.63, 3.8) is 0 Å². The fraction of sp³-hybridized carbons (Fsp3) is 0.375. The quantitative estimate of drug-likeness (QED) is 0.763. The van der Waals surface area contributed by atoms with E-state index in [4.69, 9.17) is 4.74 Å². The number of ether oxygens (including phenoxy) is 1. The van der Waals surface area contributed by atoms with Gasteiger partial charge in [-0.3, -0.25) is 9.89 Å². The zero-order valence-corrected chi connectivity index (χ0v) is 13.3. The Morgan fingerprint density at radius 2 is 2.32 bits per heavy atom. The second-order valence-corrected chi connectivity index (χ2v) is 6.99.